The predicted octanol–water partition coefficient (Wildman–Crippen LogP) is 4.88. The van der Waals surface area contributed by atoms with Crippen LogP contribution in [0.2, 0.25) is 0 Å². The number of rotatable bonds is 3. The Labute approximate surface area is 124 Å². The van der Waals surface area contributed by atoms with Gasteiger partial charge in [0.25, 0.3) is 0 Å². The Hall–Kier alpha value is -0.790. The monoisotopic (exact) mass is 278 g/mol. The number of hydrogen-bond donors (Lipinski definition) is 0. The smallest absolute Gasteiger partial charge is 0.333 e. The van der Waals surface area contributed by atoms with Gasteiger partial charge in [-0.2, -0.15) is 0 Å². The highest BCUT2D eigenvalue weighted by atomic mass is 16.6. The molecule has 2 aliphatic rings. The zero-order chi connectivity index (χ0) is 14.8. The summed E-state index contributed by atoms with van der Waals surface area (Å²) in [5.74, 6) is 1.68. The first kappa shape index (κ1) is 15.6. The van der Waals surface area contributed by atoms with E-state index in [9.17, 15) is 4.79 Å². The molecule has 2 unspecified atom stereocenters. The lowest BCUT2D eigenvalue weighted by Crippen LogP contribution is -2.43. The number of carbonyl (C=O) groups excluding carboxylic acids is 1. The van der Waals surface area contributed by atoms with Crippen molar-refractivity contribution in [2.45, 2.75) is 77.7 Å². The van der Waals surface area contributed by atoms with E-state index in [4.69, 9.17) is 4.74 Å². The second-order valence-corrected chi connectivity index (χ2v) is 7.41. The number of carbonyl (C=O) groups is 1. The molecule has 0 aromatic carbocycles. The van der Waals surface area contributed by atoms with E-state index < -0.39 is 0 Å². The molecule has 0 saturated heterocycles. The van der Waals surface area contributed by atoms with Gasteiger partial charge in [0.1, 0.15) is 5.60 Å². The van der Waals surface area contributed by atoms with Crippen molar-refractivity contribution in [3.63, 3.8) is 0 Å². The summed E-state index contributed by atoms with van der Waals surface area (Å²) in [4.78, 5) is 12.2. The van der Waals surface area contributed by atoms with Gasteiger partial charge in [0.05, 0.1) is 0 Å². The highest BCUT2D eigenvalue weighted by Gasteiger charge is 2.46. The Balaban J connectivity index is 2.25. The van der Waals surface area contributed by atoms with E-state index in [1.807, 2.05) is 0 Å². The molecule has 2 aliphatic carbocycles. The van der Waals surface area contributed by atoms with Crippen LogP contribution in [-0.2, 0) is 9.53 Å². The van der Waals surface area contributed by atoms with Gasteiger partial charge < -0.3 is 4.74 Å². The number of esters is 1. The van der Waals surface area contributed by atoms with Gasteiger partial charge >= 0.3 is 5.97 Å². The van der Waals surface area contributed by atoms with Crippen LogP contribution in [0.15, 0.2) is 12.2 Å². The quantitative estimate of drug-likeness (QED) is 0.418. The van der Waals surface area contributed by atoms with Crippen molar-refractivity contribution < 1.29 is 9.53 Å². The van der Waals surface area contributed by atoms with E-state index in [1.54, 1.807) is 6.92 Å². The van der Waals surface area contributed by atoms with E-state index in [0.29, 0.717) is 23.3 Å². The second-order valence-electron chi connectivity index (χ2n) is 7.41. The fourth-order valence-electron chi connectivity index (χ4n) is 4.26. The van der Waals surface area contributed by atoms with E-state index in [0.717, 1.165) is 12.8 Å². The molecule has 0 radical (unpaired) electrons. The molecule has 2 fully saturated rings. The van der Waals surface area contributed by atoms with Gasteiger partial charge in [0.2, 0.25) is 0 Å². The Morgan fingerprint density at radius 1 is 1.05 bits per heavy atom. The predicted molar refractivity (Wildman–Crippen MR) is 82.4 cm³/mol. The van der Waals surface area contributed by atoms with Gasteiger partial charge in [0.15, 0.2) is 0 Å². The third-order valence-corrected chi connectivity index (χ3v) is 5.28. The topological polar surface area (TPSA) is 26.3 Å². The van der Waals surface area contributed by atoms with E-state index >= 15 is 0 Å². The van der Waals surface area contributed by atoms with Crippen molar-refractivity contribution >= 4 is 5.97 Å². The molecule has 0 aromatic heterocycles. The first-order valence-electron chi connectivity index (χ1n) is 8.32. The van der Waals surface area contributed by atoms with Gasteiger partial charge in [-0.05, 0) is 50.4 Å². The van der Waals surface area contributed by atoms with Crippen molar-refractivity contribution in [3.8, 4) is 0 Å². The molecule has 0 aromatic rings. The molecule has 20 heavy (non-hydrogen) atoms. The molecule has 0 amide bonds. The highest BCUT2D eigenvalue weighted by Crippen LogP contribution is 2.47. The van der Waals surface area contributed by atoms with Gasteiger partial charge in [-0.1, -0.05) is 46.1 Å². The molecule has 2 rings (SSSR count). The van der Waals surface area contributed by atoms with E-state index in [-0.39, 0.29) is 11.6 Å². The maximum Gasteiger partial charge on any atom is 0.333 e. The minimum absolute atomic E-state index is 0.182. The summed E-state index contributed by atoms with van der Waals surface area (Å²) in [6.07, 6.45) is 9.65. The van der Waals surface area contributed by atoms with Crippen molar-refractivity contribution in [1.82, 2.24) is 0 Å². The van der Waals surface area contributed by atoms with Crippen molar-refractivity contribution in [1.29, 1.82) is 0 Å². The maximum atomic E-state index is 12.2. The zero-order valence-electron chi connectivity index (χ0n) is 13.4. The molecule has 2 heteroatoms. The van der Waals surface area contributed by atoms with Crippen LogP contribution in [0.3, 0.4) is 0 Å². The zero-order valence-corrected chi connectivity index (χ0v) is 13.4. The van der Waals surface area contributed by atoms with Crippen molar-refractivity contribution in [2.24, 2.45) is 17.8 Å². The largest absolute Gasteiger partial charge is 0.455 e. The van der Waals surface area contributed by atoms with Gasteiger partial charge in [-0.25, -0.2) is 4.79 Å². The Morgan fingerprint density at radius 2 is 1.55 bits per heavy atom. The fraction of sp³-hybridized carbons (Fsp3) is 0.833. The van der Waals surface area contributed by atoms with Crippen LogP contribution in [-0.4, -0.2) is 11.6 Å². The summed E-state index contributed by atoms with van der Waals surface area (Å²) >= 11 is 0. The molecular weight excluding hydrogens is 248 g/mol. The first-order valence-corrected chi connectivity index (χ1v) is 8.32. The molecule has 0 aliphatic heterocycles. The molecule has 2 atom stereocenters. The minimum atomic E-state index is -0.220. The van der Waals surface area contributed by atoms with Crippen LogP contribution in [0.25, 0.3) is 0 Å². The van der Waals surface area contributed by atoms with Crippen molar-refractivity contribution in [2.75, 3.05) is 0 Å². The standard InChI is InChI=1S/C18H30O2/c1-13(2)17(19)20-18(16-7-5-6-8-16)11-14(3)9-10-15(4)12-18/h14-16H,1,5-12H2,2-4H3. The van der Waals surface area contributed by atoms with Crippen LogP contribution in [0.4, 0.5) is 0 Å². The van der Waals surface area contributed by atoms with Crippen LogP contribution >= 0.6 is 0 Å². The lowest BCUT2D eigenvalue weighted by atomic mass is 9.76. The molecule has 0 spiro atoms. The summed E-state index contributed by atoms with van der Waals surface area (Å²) in [6, 6.07) is 0. The number of ether oxygens (including phenoxy) is 1. The normalized spacial score (nSPS) is 35.5. The average Bonchev–Trinajstić information content (AvgIpc) is 2.86. The average molecular weight is 278 g/mol. The fourth-order valence-corrected chi connectivity index (χ4v) is 4.26. The lowest BCUT2D eigenvalue weighted by Gasteiger charge is -2.40. The van der Waals surface area contributed by atoms with Crippen LogP contribution < -0.4 is 0 Å². The molecule has 0 bridgehead atoms. The van der Waals surface area contributed by atoms with Gasteiger partial charge in [-0.15, -0.1) is 0 Å². The molecule has 114 valence electrons. The molecule has 0 N–H and O–H groups in total. The van der Waals surface area contributed by atoms with E-state index in [2.05, 4.69) is 20.4 Å². The Bertz CT molecular complexity index is 354. The third-order valence-electron chi connectivity index (χ3n) is 5.28. The molecule has 2 nitrogen and oxygen atoms in total. The van der Waals surface area contributed by atoms with Crippen LogP contribution in [0, 0.1) is 17.8 Å². The van der Waals surface area contributed by atoms with Crippen molar-refractivity contribution in [3.05, 3.63) is 12.2 Å². The minimum Gasteiger partial charge on any atom is -0.455 e. The first-order chi connectivity index (χ1) is 9.43. The molecular formula is C18H30O2. The van der Waals surface area contributed by atoms with Gasteiger partial charge in [0, 0.05) is 5.57 Å². The number of hydrogen-bond acceptors (Lipinski definition) is 2. The summed E-state index contributed by atoms with van der Waals surface area (Å²) in [5.41, 5.74) is 0.314. The lowest BCUT2D eigenvalue weighted by molar-refractivity contribution is -0.165. The van der Waals surface area contributed by atoms with E-state index in [1.165, 1.54) is 38.5 Å². The molecule has 2 saturated carbocycles. The summed E-state index contributed by atoms with van der Waals surface area (Å²) in [5, 5.41) is 0. The maximum absolute atomic E-state index is 12.2. The molecule has 0 heterocycles. The highest BCUT2D eigenvalue weighted by molar-refractivity contribution is 5.87. The van der Waals surface area contributed by atoms with Gasteiger partial charge in [-0.3, -0.25) is 0 Å². The second kappa shape index (κ2) is 6.32. The SMILES string of the molecule is C=C(C)C(=O)OC1(C2CCCC2)CC(C)CCC(C)C1. The van der Waals surface area contributed by atoms with Crippen LogP contribution in [0.1, 0.15) is 72.1 Å². The summed E-state index contributed by atoms with van der Waals surface area (Å²) in [6.45, 7) is 10.2. The van der Waals surface area contributed by atoms with Crippen LogP contribution in [0.5, 0.6) is 0 Å². The Kier molecular flexibility index (Phi) is 4.93. The Morgan fingerprint density at radius 3 is 2.00 bits per heavy atom. The summed E-state index contributed by atoms with van der Waals surface area (Å²) in [7, 11) is 0. The third kappa shape index (κ3) is 3.45. The summed E-state index contributed by atoms with van der Waals surface area (Å²) < 4.78 is 6.11.